The molecule has 0 spiro atoms. The predicted octanol–water partition coefficient (Wildman–Crippen LogP) is 3.01. The highest BCUT2D eigenvalue weighted by Crippen LogP contribution is 2.32. The number of carbonyl (C=O) groups is 1. The van der Waals surface area contributed by atoms with E-state index >= 15 is 0 Å². The zero-order valence-corrected chi connectivity index (χ0v) is 15.0. The highest BCUT2D eigenvalue weighted by Gasteiger charge is 2.25. The Morgan fingerprint density at radius 1 is 1.52 bits per heavy atom. The van der Waals surface area contributed by atoms with Crippen LogP contribution in [0.1, 0.15) is 24.3 Å². The number of nitrogens with one attached hydrogen (secondary N) is 2. The minimum Gasteiger partial charge on any atom is -0.497 e. The third-order valence-electron chi connectivity index (χ3n) is 3.97. The molecule has 5 nitrogen and oxygen atoms in total. The van der Waals surface area contributed by atoms with Gasteiger partial charge in [0.25, 0.3) is 0 Å². The van der Waals surface area contributed by atoms with Gasteiger partial charge in [-0.1, -0.05) is 0 Å². The first-order valence-electron chi connectivity index (χ1n) is 7.28. The van der Waals surface area contributed by atoms with Crippen LogP contribution >= 0.6 is 24.2 Å². The van der Waals surface area contributed by atoms with Gasteiger partial charge in [0, 0.05) is 22.6 Å². The van der Waals surface area contributed by atoms with Crippen LogP contribution in [-0.2, 0) is 4.79 Å². The third-order valence-corrected chi connectivity index (χ3v) is 4.90. The van der Waals surface area contributed by atoms with Crippen LogP contribution in [0.5, 0.6) is 5.75 Å². The van der Waals surface area contributed by atoms with Crippen LogP contribution in [0.2, 0.25) is 0 Å². The van der Waals surface area contributed by atoms with E-state index in [4.69, 9.17) is 9.15 Å². The highest BCUT2D eigenvalue weighted by molar-refractivity contribution is 7.99. The minimum absolute atomic E-state index is 0. The Morgan fingerprint density at radius 3 is 2.96 bits per heavy atom. The van der Waals surface area contributed by atoms with Crippen molar-refractivity contribution in [2.45, 2.75) is 25.9 Å². The van der Waals surface area contributed by atoms with Crippen molar-refractivity contribution in [2.75, 3.05) is 18.7 Å². The first-order chi connectivity index (χ1) is 10.6. The number of carbonyl (C=O) groups excluding carboxylic acids is 1. The number of halogens is 1. The van der Waals surface area contributed by atoms with Crippen LogP contribution < -0.4 is 15.4 Å². The zero-order chi connectivity index (χ0) is 15.7. The van der Waals surface area contributed by atoms with E-state index in [0.717, 1.165) is 39.7 Å². The van der Waals surface area contributed by atoms with Gasteiger partial charge in [0.1, 0.15) is 17.1 Å². The molecule has 7 heteroatoms. The molecule has 1 aliphatic heterocycles. The lowest BCUT2D eigenvalue weighted by Crippen LogP contribution is -2.42. The van der Waals surface area contributed by atoms with E-state index in [9.17, 15) is 4.79 Å². The first kappa shape index (κ1) is 18.0. The van der Waals surface area contributed by atoms with Gasteiger partial charge in [0.2, 0.25) is 5.91 Å². The molecule has 0 radical (unpaired) electrons. The third kappa shape index (κ3) is 3.59. The summed E-state index contributed by atoms with van der Waals surface area (Å²) in [5.74, 6) is 3.26. The molecule has 2 unspecified atom stereocenters. The molecule has 1 aromatic carbocycles. The van der Waals surface area contributed by atoms with E-state index in [-0.39, 0.29) is 30.4 Å². The van der Waals surface area contributed by atoms with Gasteiger partial charge in [-0.05, 0) is 32.0 Å². The summed E-state index contributed by atoms with van der Waals surface area (Å²) in [6, 6.07) is 5.45. The second-order valence-corrected chi connectivity index (χ2v) is 6.49. The zero-order valence-electron chi connectivity index (χ0n) is 13.3. The van der Waals surface area contributed by atoms with Crippen molar-refractivity contribution in [3.05, 3.63) is 29.5 Å². The molecule has 0 aliphatic carbocycles. The molecule has 2 atom stereocenters. The summed E-state index contributed by atoms with van der Waals surface area (Å²) in [5.41, 5.74) is 1.85. The van der Waals surface area contributed by atoms with E-state index < -0.39 is 0 Å². The molecule has 23 heavy (non-hydrogen) atoms. The fourth-order valence-electron chi connectivity index (χ4n) is 2.70. The number of furan rings is 1. The smallest absolute Gasteiger partial charge is 0.238 e. The number of benzene rings is 1. The number of aryl methyl sites for hydroxylation is 1. The van der Waals surface area contributed by atoms with Crippen LogP contribution in [0.25, 0.3) is 11.0 Å². The maximum absolute atomic E-state index is 12.2. The standard InChI is InChI=1S/C16H20N2O3S.ClH/c1-9-12-6-11(20-3)4-5-14(12)21-15(9)10(2)18-16(19)13-7-22-8-17-13;/h4-6,10,13,17H,7-8H2,1-3H3,(H,18,19);1H. The Labute approximate surface area is 145 Å². The Hall–Kier alpha value is -1.37. The molecule has 1 fully saturated rings. The Balaban J connectivity index is 0.00000192. The van der Waals surface area contributed by atoms with Crippen molar-refractivity contribution in [3.63, 3.8) is 0 Å². The average molecular weight is 357 g/mol. The van der Waals surface area contributed by atoms with Crippen LogP contribution in [0.3, 0.4) is 0 Å². The number of thioether (sulfide) groups is 1. The summed E-state index contributed by atoms with van der Waals surface area (Å²) in [7, 11) is 1.65. The Bertz CT molecular complexity index is 698. The van der Waals surface area contributed by atoms with E-state index in [0.29, 0.717) is 0 Å². The van der Waals surface area contributed by atoms with Gasteiger partial charge < -0.3 is 14.5 Å². The van der Waals surface area contributed by atoms with Gasteiger partial charge in [0.05, 0.1) is 19.2 Å². The largest absolute Gasteiger partial charge is 0.497 e. The Kier molecular flexibility index (Phi) is 5.84. The summed E-state index contributed by atoms with van der Waals surface area (Å²) in [6.45, 7) is 3.95. The molecule has 2 N–H and O–H groups in total. The molecule has 2 aromatic rings. The molecule has 0 bridgehead atoms. The van der Waals surface area contributed by atoms with Gasteiger partial charge >= 0.3 is 0 Å². The summed E-state index contributed by atoms with van der Waals surface area (Å²) >= 11 is 1.74. The summed E-state index contributed by atoms with van der Waals surface area (Å²) in [5, 5.41) is 7.22. The molecule has 0 saturated carbocycles. The normalized spacial score (nSPS) is 18.5. The van der Waals surface area contributed by atoms with Crippen molar-refractivity contribution in [3.8, 4) is 5.75 Å². The van der Waals surface area contributed by atoms with Gasteiger partial charge in [-0.15, -0.1) is 24.2 Å². The van der Waals surface area contributed by atoms with Crippen LogP contribution in [-0.4, -0.2) is 30.7 Å². The number of rotatable bonds is 4. The molecular formula is C16H21ClN2O3S. The maximum Gasteiger partial charge on any atom is 0.238 e. The number of fused-ring (bicyclic) bond motifs is 1. The maximum atomic E-state index is 12.2. The van der Waals surface area contributed by atoms with Gasteiger partial charge in [0.15, 0.2) is 0 Å². The highest BCUT2D eigenvalue weighted by atomic mass is 35.5. The van der Waals surface area contributed by atoms with Crippen molar-refractivity contribution in [1.29, 1.82) is 0 Å². The fourth-order valence-corrected chi connectivity index (χ4v) is 3.64. The fraction of sp³-hybridized carbons (Fsp3) is 0.438. The molecule has 1 aromatic heterocycles. The van der Waals surface area contributed by atoms with Gasteiger partial charge in [-0.2, -0.15) is 0 Å². The van der Waals surface area contributed by atoms with Crippen molar-refractivity contribution >= 4 is 41.0 Å². The molecule has 3 rings (SSSR count). The summed E-state index contributed by atoms with van der Waals surface area (Å²) < 4.78 is 11.2. The van der Waals surface area contributed by atoms with Crippen LogP contribution in [0.15, 0.2) is 22.6 Å². The lowest BCUT2D eigenvalue weighted by atomic mass is 10.1. The molecule has 2 heterocycles. The number of amides is 1. The minimum atomic E-state index is -0.168. The molecule has 1 amide bonds. The number of hydrogen-bond acceptors (Lipinski definition) is 5. The van der Waals surface area contributed by atoms with Crippen molar-refractivity contribution < 1.29 is 13.9 Å². The molecular weight excluding hydrogens is 336 g/mol. The quantitative estimate of drug-likeness (QED) is 0.881. The Morgan fingerprint density at radius 2 is 2.30 bits per heavy atom. The lowest BCUT2D eigenvalue weighted by Gasteiger charge is -2.15. The van der Waals surface area contributed by atoms with Gasteiger partial charge in [-0.3, -0.25) is 10.1 Å². The van der Waals surface area contributed by atoms with E-state index in [1.165, 1.54) is 0 Å². The van der Waals surface area contributed by atoms with Crippen molar-refractivity contribution in [2.24, 2.45) is 0 Å². The van der Waals surface area contributed by atoms with E-state index in [1.54, 1.807) is 18.9 Å². The lowest BCUT2D eigenvalue weighted by molar-refractivity contribution is -0.123. The van der Waals surface area contributed by atoms with Crippen molar-refractivity contribution in [1.82, 2.24) is 10.6 Å². The molecule has 1 saturated heterocycles. The number of ether oxygens (including phenoxy) is 1. The second kappa shape index (κ2) is 7.47. The summed E-state index contributed by atoms with van der Waals surface area (Å²) in [6.07, 6.45) is 0. The topological polar surface area (TPSA) is 63.5 Å². The monoisotopic (exact) mass is 356 g/mol. The SMILES string of the molecule is COc1ccc2oc(C(C)NC(=O)C3CSCN3)c(C)c2c1.Cl. The second-order valence-electron chi connectivity index (χ2n) is 5.46. The number of methoxy groups -OCH3 is 1. The molecule has 126 valence electrons. The van der Waals surface area contributed by atoms with Crippen LogP contribution in [0.4, 0.5) is 0 Å². The van der Waals surface area contributed by atoms with Crippen LogP contribution in [0, 0.1) is 6.92 Å². The van der Waals surface area contributed by atoms with Gasteiger partial charge in [-0.25, -0.2) is 0 Å². The predicted molar refractivity (Wildman–Crippen MR) is 95.6 cm³/mol. The first-order valence-corrected chi connectivity index (χ1v) is 8.44. The number of hydrogen-bond donors (Lipinski definition) is 2. The summed E-state index contributed by atoms with van der Waals surface area (Å²) in [4.78, 5) is 12.2. The average Bonchev–Trinajstić information content (AvgIpc) is 3.15. The van der Waals surface area contributed by atoms with E-state index in [1.807, 2.05) is 32.0 Å². The van der Waals surface area contributed by atoms with E-state index in [2.05, 4.69) is 10.6 Å². The molecule has 1 aliphatic rings.